The van der Waals surface area contributed by atoms with Crippen molar-refractivity contribution in [2.45, 2.75) is 6.04 Å². The molecule has 1 N–H and O–H groups in total. The largest absolute Gasteiger partial charge is 0.503 e. The van der Waals surface area contributed by atoms with Crippen molar-refractivity contribution in [1.29, 1.82) is 0 Å². The number of amides is 1. The van der Waals surface area contributed by atoms with E-state index in [1.165, 1.54) is 40.8 Å². The van der Waals surface area contributed by atoms with Crippen LogP contribution in [0.2, 0.25) is 5.02 Å². The van der Waals surface area contributed by atoms with Gasteiger partial charge in [-0.2, -0.15) is 0 Å². The van der Waals surface area contributed by atoms with Crippen molar-refractivity contribution < 1.29 is 19.1 Å². The molecule has 1 aliphatic heterocycles. The monoisotopic (exact) mass is 471 g/mol. The van der Waals surface area contributed by atoms with Crippen LogP contribution in [-0.4, -0.2) is 26.8 Å². The second-order valence-electron chi connectivity index (χ2n) is 6.66. The number of thiazole rings is 1. The van der Waals surface area contributed by atoms with E-state index in [4.69, 9.17) is 11.6 Å². The van der Waals surface area contributed by atoms with Crippen LogP contribution in [0.25, 0.3) is 10.2 Å². The summed E-state index contributed by atoms with van der Waals surface area (Å²) in [5.74, 6) is -2.44. The van der Waals surface area contributed by atoms with Gasteiger partial charge in [-0.3, -0.25) is 19.5 Å². The molecule has 4 aromatic rings. The number of carbonyl (C=O) groups is 2. The first kappa shape index (κ1) is 19.8. The summed E-state index contributed by atoms with van der Waals surface area (Å²) in [4.78, 5) is 36.4. The zero-order valence-corrected chi connectivity index (χ0v) is 17.8. The Kier molecular flexibility index (Phi) is 4.81. The summed E-state index contributed by atoms with van der Waals surface area (Å²) in [5, 5.41) is 12.6. The number of nitrogens with zero attached hydrogens (tertiary/aromatic N) is 3. The Hall–Kier alpha value is -3.14. The number of carbonyl (C=O) groups excluding carboxylic acids is 2. The van der Waals surface area contributed by atoms with E-state index in [0.717, 1.165) is 11.3 Å². The van der Waals surface area contributed by atoms with Gasteiger partial charge in [-0.15, -0.1) is 11.3 Å². The molecule has 4 heterocycles. The van der Waals surface area contributed by atoms with Crippen LogP contribution in [-0.2, 0) is 4.79 Å². The third-order valence-electron chi connectivity index (χ3n) is 4.84. The summed E-state index contributed by atoms with van der Waals surface area (Å²) in [5.41, 5.74) is 0.947. The average molecular weight is 472 g/mol. The first-order valence-electron chi connectivity index (χ1n) is 8.96. The zero-order chi connectivity index (χ0) is 21.7. The maximum Gasteiger partial charge on any atom is 0.296 e. The van der Waals surface area contributed by atoms with Gasteiger partial charge >= 0.3 is 0 Å². The number of hydrogen-bond acceptors (Lipinski definition) is 7. The summed E-state index contributed by atoms with van der Waals surface area (Å²) in [6, 6.07) is 8.38. The van der Waals surface area contributed by atoms with Gasteiger partial charge in [0.2, 0.25) is 5.78 Å². The first-order valence-corrected chi connectivity index (χ1v) is 11.0. The summed E-state index contributed by atoms with van der Waals surface area (Å²) in [7, 11) is 0. The van der Waals surface area contributed by atoms with Crippen LogP contribution >= 0.6 is 34.3 Å². The Morgan fingerprint density at radius 2 is 2.00 bits per heavy atom. The summed E-state index contributed by atoms with van der Waals surface area (Å²) in [6.45, 7) is 0. The summed E-state index contributed by atoms with van der Waals surface area (Å²) >= 11 is 8.15. The highest BCUT2D eigenvalue weighted by Gasteiger charge is 2.46. The number of ketones is 1. The highest BCUT2D eigenvalue weighted by molar-refractivity contribution is 7.22. The number of Topliss-reactive ketones (excluding diaryl/α,β-unsaturated/α-hetero) is 1. The number of halogens is 2. The van der Waals surface area contributed by atoms with Crippen molar-refractivity contribution >= 4 is 61.3 Å². The minimum Gasteiger partial charge on any atom is -0.503 e. The molecule has 0 saturated carbocycles. The van der Waals surface area contributed by atoms with Crippen molar-refractivity contribution in [3.05, 3.63) is 86.8 Å². The number of benzene rings is 1. The normalized spacial score (nSPS) is 16.5. The molecule has 0 bridgehead atoms. The second-order valence-corrected chi connectivity index (χ2v) is 9.02. The molecule has 0 radical (unpaired) electrons. The van der Waals surface area contributed by atoms with Crippen molar-refractivity contribution in [2.75, 3.05) is 4.90 Å². The molecule has 1 aromatic carbocycles. The summed E-state index contributed by atoms with van der Waals surface area (Å²) in [6.07, 6.45) is 3.07. The van der Waals surface area contributed by atoms with Crippen LogP contribution in [0.1, 0.15) is 21.3 Å². The van der Waals surface area contributed by atoms with E-state index in [1.807, 2.05) is 0 Å². The van der Waals surface area contributed by atoms with Gasteiger partial charge in [-0.25, -0.2) is 9.37 Å². The Labute approximate surface area is 187 Å². The highest BCUT2D eigenvalue weighted by Crippen LogP contribution is 2.44. The number of aliphatic hydroxyl groups is 1. The standard InChI is InChI=1S/C21H11ClFN3O3S2/c22-11-8-13-15(9-12(11)23)31-21(25-13)26-17(10-3-5-24-6-4-10)16(19(28)20(26)29)18(27)14-2-1-7-30-14/h1-9,17,28H. The number of aromatic nitrogens is 2. The fourth-order valence-electron chi connectivity index (χ4n) is 3.45. The number of thiophene rings is 1. The number of hydrogen-bond donors (Lipinski definition) is 1. The second kappa shape index (κ2) is 7.52. The van der Waals surface area contributed by atoms with Crippen LogP contribution in [0, 0.1) is 5.82 Å². The number of rotatable bonds is 4. The zero-order valence-electron chi connectivity index (χ0n) is 15.5. The predicted molar refractivity (Wildman–Crippen MR) is 117 cm³/mol. The fraction of sp³-hybridized carbons (Fsp3) is 0.0476. The van der Waals surface area contributed by atoms with Gasteiger partial charge in [0.1, 0.15) is 5.82 Å². The van der Waals surface area contributed by atoms with Crippen LogP contribution in [0.3, 0.4) is 0 Å². The number of pyridine rings is 1. The van der Waals surface area contributed by atoms with Gasteiger partial charge in [0, 0.05) is 12.4 Å². The lowest BCUT2D eigenvalue weighted by Gasteiger charge is -2.24. The molecule has 1 aliphatic rings. The minimum absolute atomic E-state index is 0.0397. The molecule has 0 saturated heterocycles. The van der Waals surface area contributed by atoms with E-state index in [1.54, 1.807) is 29.6 Å². The Morgan fingerprint density at radius 3 is 2.71 bits per heavy atom. The van der Waals surface area contributed by atoms with Crippen LogP contribution in [0.15, 0.2) is 65.5 Å². The van der Waals surface area contributed by atoms with Crippen LogP contribution < -0.4 is 4.90 Å². The first-order chi connectivity index (χ1) is 15.0. The van der Waals surface area contributed by atoms with E-state index >= 15 is 0 Å². The van der Waals surface area contributed by atoms with Gasteiger partial charge in [0.25, 0.3) is 5.91 Å². The van der Waals surface area contributed by atoms with Gasteiger partial charge in [-0.1, -0.05) is 29.0 Å². The topological polar surface area (TPSA) is 83.4 Å². The molecule has 0 aliphatic carbocycles. The lowest BCUT2D eigenvalue weighted by molar-refractivity contribution is -0.117. The molecule has 3 aromatic heterocycles. The number of aliphatic hydroxyl groups excluding tert-OH is 1. The Morgan fingerprint density at radius 1 is 1.23 bits per heavy atom. The fourth-order valence-corrected chi connectivity index (χ4v) is 5.29. The maximum absolute atomic E-state index is 13.9. The lowest BCUT2D eigenvalue weighted by Crippen LogP contribution is -2.30. The molecule has 1 amide bonds. The van der Waals surface area contributed by atoms with Gasteiger partial charge in [-0.05, 0) is 41.3 Å². The molecule has 0 fully saturated rings. The third-order valence-corrected chi connectivity index (χ3v) is 7.02. The number of anilines is 1. The smallest absolute Gasteiger partial charge is 0.296 e. The minimum atomic E-state index is -0.911. The molecule has 1 unspecified atom stereocenters. The van der Waals surface area contributed by atoms with Crippen LogP contribution in [0.4, 0.5) is 9.52 Å². The third kappa shape index (κ3) is 3.21. The number of fused-ring (bicyclic) bond motifs is 1. The molecule has 6 nitrogen and oxygen atoms in total. The van der Waals surface area contributed by atoms with E-state index in [-0.39, 0.29) is 15.7 Å². The van der Waals surface area contributed by atoms with E-state index in [0.29, 0.717) is 20.7 Å². The molecular weight excluding hydrogens is 461 g/mol. The highest BCUT2D eigenvalue weighted by atomic mass is 35.5. The molecule has 0 spiro atoms. The van der Waals surface area contributed by atoms with Crippen molar-refractivity contribution in [1.82, 2.24) is 9.97 Å². The Balaban J connectivity index is 1.68. The van der Waals surface area contributed by atoms with Gasteiger partial charge < -0.3 is 5.11 Å². The van der Waals surface area contributed by atoms with Crippen molar-refractivity contribution in [2.24, 2.45) is 0 Å². The summed E-state index contributed by atoms with van der Waals surface area (Å²) < 4.78 is 14.4. The molecular formula is C21H11ClFN3O3S2. The molecule has 154 valence electrons. The Bertz CT molecular complexity index is 1330. The maximum atomic E-state index is 13.9. The van der Waals surface area contributed by atoms with Crippen molar-refractivity contribution in [3.8, 4) is 0 Å². The molecule has 10 heteroatoms. The van der Waals surface area contributed by atoms with Gasteiger partial charge in [0.05, 0.1) is 31.7 Å². The van der Waals surface area contributed by atoms with E-state index in [9.17, 15) is 19.1 Å². The molecule has 31 heavy (non-hydrogen) atoms. The predicted octanol–water partition coefficient (Wildman–Crippen LogP) is 5.33. The van der Waals surface area contributed by atoms with E-state index < -0.39 is 29.3 Å². The molecule has 5 rings (SSSR count). The van der Waals surface area contributed by atoms with E-state index in [2.05, 4.69) is 9.97 Å². The van der Waals surface area contributed by atoms with Crippen LogP contribution in [0.5, 0.6) is 0 Å². The van der Waals surface area contributed by atoms with Gasteiger partial charge in [0.15, 0.2) is 10.9 Å². The van der Waals surface area contributed by atoms with Crippen molar-refractivity contribution in [3.63, 3.8) is 0 Å². The molecule has 1 atom stereocenters. The average Bonchev–Trinajstić information content (AvgIpc) is 3.48. The quantitative estimate of drug-likeness (QED) is 0.407. The lowest BCUT2D eigenvalue weighted by atomic mass is 9.96. The SMILES string of the molecule is O=C(C1=C(O)C(=O)N(c2nc3cc(Cl)c(F)cc3s2)C1c1ccncc1)c1cccs1.